The molecule has 1 saturated carbocycles. The van der Waals surface area contributed by atoms with Gasteiger partial charge in [0.2, 0.25) is 0 Å². The first kappa shape index (κ1) is 10.8. The summed E-state index contributed by atoms with van der Waals surface area (Å²) < 4.78 is 0. The fourth-order valence-electron chi connectivity index (χ4n) is 2.67. The number of hydrogen-bond acceptors (Lipinski definition) is 1. The van der Waals surface area contributed by atoms with E-state index in [2.05, 4.69) is 41.5 Å². The van der Waals surface area contributed by atoms with Crippen molar-refractivity contribution in [1.29, 1.82) is 0 Å². The van der Waals surface area contributed by atoms with E-state index in [1.54, 1.807) is 0 Å². The molecule has 17 heavy (non-hydrogen) atoms. The van der Waals surface area contributed by atoms with Crippen molar-refractivity contribution in [2.45, 2.75) is 32.7 Å². The number of fused-ring (bicyclic) bond motifs is 1. The Morgan fingerprint density at radius 2 is 2.18 bits per heavy atom. The first-order valence-electron chi connectivity index (χ1n) is 6.52. The molecule has 90 valence electrons. The van der Waals surface area contributed by atoms with Gasteiger partial charge in [-0.05, 0) is 41.3 Å². The van der Waals surface area contributed by atoms with Crippen LogP contribution in [-0.4, -0.2) is 11.5 Å². The third kappa shape index (κ3) is 2.22. The fraction of sp³-hybridized carbons (Fsp3) is 0.467. The molecular formula is C15H20N2. The molecule has 1 heterocycles. The third-order valence-electron chi connectivity index (χ3n) is 4.06. The molecule has 1 aromatic carbocycles. The van der Waals surface area contributed by atoms with E-state index in [4.69, 9.17) is 0 Å². The highest BCUT2D eigenvalue weighted by Gasteiger charge is 2.30. The molecule has 1 aromatic heterocycles. The zero-order valence-corrected chi connectivity index (χ0v) is 10.4. The second kappa shape index (κ2) is 4.19. The summed E-state index contributed by atoms with van der Waals surface area (Å²) in [5, 5.41) is 4.88. The summed E-state index contributed by atoms with van der Waals surface area (Å²) in [5.41, 5.74) is 3.17. The van der Waals surface area contributed by atoms with Gasteiger partial charge in [0.05, 0.1) is 0 Å². The third-order valence-corrected chi connectivity index (χ3v) is 4.06. The van der Waals surface area contributed by atoms with Gasteiger partial charge in [-0.3, -0.25) is 0 Å². The summed E-state index contributed by atoms with van der Waals surface area (Å²) in [6.07, 6.45) is 6.18. The Balaban J connectivity index is 1.60. The molecule has 0 bridgehead atoms. The Morgan fingerprint density at radius 1 is 1.29 bits per heavy atom. The van der Waals surface area contributed by atoms with Crippen molar-refractivity contribution >= 4 is 10.9 Å². The lowest BCUT2D eigenvalue weighted by atomic mass is 9.70. The number of hydrogen-bond donors (Lipinski definition) is 2. The van der Waals surface area contributed by atoms with Crippen molar-refractivity contribution in [1.82, 2.24) is 10.3 Å². The molecule has 0 saturated heterocycles. The van der Waals surface area contributed by atoms with Crippen LogP contribution in [0, 0.1) is 5.41 Å². The SMILES string of the molecule is CC1(CNCc2ccc3cc[nH]c3c2)CCC1. The maximum absolute atomic E-state index is 3.59. The first-order chi connectivity index (χ1) is 8.25. The second-order valence-corrected chi connectivity index (χ2v) is 5.67. The van der Waals surface area contributed by atoms with Crippen molar-refractivity contribution in [3.63, 3.8) is 0 Å². The average Bonchev–Trinajstić information content (AvgIpc) is 2.74. The van der Waals surface area contributed by atoms with Crippen LogP contribution >= 0.6 is 0 Å². The van der Waals surface area contributed by atoms with Crippen LogP contribution in [0.4, 0.5) is 0 Å². The van der Waals surface area contributed by atoms with Crippen LogP contribution in [0.5, 0.6) is 0 Å². The van der Waals surface area contributed by atoms with Crippen LogP contribution in [0.15, 0.2) is 30.5 Å². The molecule has 2 aromatic rings. The predicted octanol–water partition coefficient (Wildman–Crippen LogP) is 3.45. The van der Waals surface area contributed by atoms with E-state index in [0.29, 0.717) is 5.41 Å². The maximum atomic E-state index is 3.59. The average molecular weight is 228 g/mol. The Morgan fingerprint density at radius 3 is 2.94 bits per heavy atom. The molecule has 3 rings (SSSR count). The topological polar surface area (TPSA) is 27.8 Å². The number of nitrogens with one attached hydrogen (secondary N) is 2. The van der Waals surface area contributed by atoms with Crippen molar-refractivity contribution in [3.8, 4) is 0 Å². The number of aromatic amines is 1. The van der Waals surface area contributed by atoms with Gasteiger partial charge >= 0.3 is 0 Å². The van der Waals surface area contributed by atoms with Gasteiger partial charge in [0.15, 0.2) is 0 Å². The summed E-state index contributed by atoms with van der Waals surface area (Å²) in [7, 11) is 0. The van der Waals surface area contributed by atoms with Crippen LogP contribution in [0.2, 0.25) is 0 Å². The normalized spacial score (nSPS) is 18.2. The number of benzene rings is 1. The molecule has 2 heteroatoms. The smallest absolute Gasteiger partial charge is 0.0457 e. The zero-order chi connectivity index (χ0) is 11.7. The molecule has 2 N–H and O–H groups in total. The maximum Gasteiger partial charge on any atom is 0.0457 e. The molecular weight excluding hydrogens is 208 g/mol. The van der Waals surface area contributed by atoms with Crippen molar-refractivity contribution in [2.75, 3.05) is 6.54 Å². The highest BCUT2D eigenvalue weighted by Crippen LogP contribution is 2.39. The summed E-state index contributed by atoms with van der Waals surface area (Å²) in [5.74, 6) is 0. The molecule has 1 fully saturated rings. The van der Waals surface area contributed by atoms with Crippen LogP contribution in [0.3, 0.4) is 0 Å². The van der Waals surface area contributed by atoms with Crippen LogP contribution in [0.25, 0.3) is 10.9 Å². The molecule has 0 unspecified atom stereocenters. The summed E-state index contributed by atoms with van der Waals surface area (Å²) in [6.45, 7) is 4.51. The van der Waals surface area contributed by atoms with Gasteiger partial charge in [-0.15, -0.1) is 0 Å². The summed E-state index contributed by atoms with van der Waals surface area (Å²) in [4.78, 5) is 3.26. The summed E-state index contributed by atoms with van der Waals surface area (Å²) >= 11 is 0. The largest absolute Gasteiger partial charge is 0.361 e. The molecule has 0 amide bonds. The second-order valence-electron chi connectivity index (χ2n) is 5.67. The molecule has 0 spiro atoms. The van der Waals surface area contributed by atoms with Crippen molar-refractivity contribution in [3.05, 3.63) is 36.0 Å². The quantitative estimate of drug-likeness (QED) is 0.824. The van der Waals surface area contributed by atoms with Crippen LogP contribution in [0.1, 0.15) is 31.7 Å². The number of aromatic nitrogens is 1. The van der Waals surface area contributed by atoms with E-state index in [0.717, 1.165) is 13.1 Å². The van der Waals surface area contributed by atoms with E-state index in [9.17, 15) is 0 Å². The first-order valence-corrected chi connectivity index (χ1v) is 6.52. The van der Waals surface area contributed by atoms with Gasteiger partial charge < -0.3 is 10.3 Å². The molecule has 0 radical (unpaired) electrons. The molecule has 0 atom stereocenters. The Bertz CT molecular complexity index is 508. The van der Waals surface area contributed by atoms with E-state index in [1.807, 2.05) is 6.20 Å². The van der Waals surface area contributed by atoms with Crippen molar-refractivity contribution in [2.24, 2.45) is 5.41 Å². The number of H-pyrrole nitrogens is 1. The van der Waals surface area contributed by atoms with Gasteiger partial charge in [0.25, 0.3) is 0 Å². The van der Waals surface area contributed by atoms with E-state index >= 15 is 0 Å². The van der Waals surface area contributed by atoms with Gasteiger partial charge in [-0.25, -0.2) is 0 Å². The molecule has 0 aliphatic heterocycles. The van der Waals surface area contributed by atoms with E-state index in [1.165, 1.54) is 35.7 Å². The van der Waals surface area contributed by atoms with Gasteiger partial charge in [-0.1, -0.05) is 25.5 Å². The molecule has 1 aliphatic carbocycles. The van der Waals surface area contributed by atoms with Gasteiger partial charge in [0, 0.05) is 24.8 Å². The standard InChI is InChI=1S/C15H20N2/c1-15(6-2-7-15)11-16-10-12-3-4-13-5-8-17-14(13)9-12/h3-5,8-9,16-17H,2,6-7,10-11H2,1H3. The monoisotopic (exact) mass is 228 g/mol. The van der Waals surface area contributed by atoms with E-state index in [-0.39, 0.29) is 0 Å². The lowest BCUT2D eigenvalue weighted by Crippen LogP contribution is -2.36. The Kier molecular flexibility index (Phi) is 2.67. The minimum atomic E-state index is 0.566. The lowest BCUT2D eigenvalue weighted by molar-refractivity contribution is 0.156. The van der Waals surface area contributed by atoms with Crippen molar-refractivity contribution < 1.29 is 0 Å². The van der Waals surface area contributed by atoms with E-state index < -0.39 is 0 Å². The summed E-state index contributed by atoms with van der Waals surface area (Å²) in [6, 6.07) is 8.76. The van der Waals surface area contributed by atoms with Crippen LogP contribution < -0.4 is 5.32 Å². The Hall–Kier alpha value is -1.28. The minimum Gasteiger partial charge on any atom is -0.361 e. The van der Waals surface area contributed by atoms with Gasteiger partial charge in [0.1, 0.15) is 0 Å². The minimum absolute atomic E-state index is 0.566. The van der Waals surface area contributed by atoms with Gasteiger partial charge in [-0.2, -0.15) is 0 Å². The fourth-order valence-corrected chi connectivity index (χ4v) is 2.67. The van der Waals surface area contributed by atoms with Crippen LogP contribution in [-0.2, 0) is 6.54 Å². The number of rotatable bonds is 4. The highest BCUT2D eigenvalue weighted by molar-refractivity contribution is 5.79. The molecule has 2 nitrogen and oxygen atoms in total. The lowest BCUT2D eigenvalue weighted by Gasteiger charge is -2.38. The molecule has 1 aliphatic rings. The highest BCUT2D eigenvalue weighted by atomic mass is 14.9. The zero-order valence-electron chi connectivity index (χ0n) is 10.4. The Labute approximate surface area is 102 Å². The predicted molar refractivity (Wildman–Crippen MR) is 72.0 cm³/mol.